The van der Waals surface area contributed by atoms with Gasteiger partial charge in [-0.3, -0.25) is 4.79 Å². The molecule has 1 aliphatic heterocycles. The lowest BCUT2D eigenvalue weighted by molar-refractivity contribution is -0.142. The number of carboxylic acid groups (broad SMARTS) is 1. The number of carbonyl (C=O) groups is 1. The Bertz CT molecular complexity index is 998. The van der Waals surface area contributed by atoms with Gasteiger partial charge in [-0.2, -0.15) is 16.1 Å². The van der Waals surface area contributed by atoms with Gasteiger partial charge in [0.25, 0.3) is 0 Å². The quantitative estimate of drug-likeness (QED) is 0.754. The van der Waals surface area contributed by atoms with Crippen LogP contribution in [0.1, 0.15) is 39.2 Å². The second kappa shape index (κ2) is 8.13. The predicted molar refractivity (Wildman–Crippen MR) is 118 cm³/mol. The molecule has 1 N–H and O–H groups in total. The minimum absolute atomic E-state index is 0.121. The average molecular weight is 434 g/mol. The Kier molecular flexibility index (Phi) is 6.13. The van der Waals surface area contributed by atoms with Crippen molar-refractivity contribution in [3.8, 4) is 11.1 Å². The van der Waals surface area contributed by atoms with Crippen molar-refractivity contribution in [3.63, 3.8) is 0 Å². The third-order valence-corrected chi connectivity index (χ3v) is 8.55. The van der Waals surface area contributed by atoms with Gasteiger partial charge in [-0.1, -0.05) is 50.2 Å². The third kappa shape index (κ3) is 4.37. The van der Waals surface area contributed by atoms with Crippen LogP contribution in [0.3, 0.4) is 0 Å². The van der Waals surface area contributed by atoms with Crippen molar-refractivity contribution in [3.05, 3.63) is 54.1 Å². The van der Waals surface area contributed by atoms with Gasteiger partial charge in [0.05, 0.1) is 4.90 Å². The molecule has 0 aromatic heterocycles. The van der Waals surface area contributed by atoms with Gasteiger partial charge >= 0.3 is 5.97 Å². The van der Waals surface area contributed by atoms with E-state index < -0.39 is 26.8 Å². The molecule has 1 saturated heterocycles. The number of hydrogen-bond donors (Lipinski definition) is 1. The summed E-state index contributed by atoms with van der Waals surface area (Å²) in [4.78, 5) is 12.0. The van der Waals surface area contributed by atoms with E-state index >= 15 is 0 Å². The fourth-order valence-corrected chi connectivity index (χ4v) is 6.76. The van der Waals surface area contributed by atoms with E-state index in [0.717, 1.165) is 15.4 Å². The number of benzene rings is 2. The highest BCUT2D eigenvalue weighted by Crippen LogP contribution is 2.38. The Hall–Kier alpha value is -1.83. The minimum atomic E-state index is -3.91. The summed E-state index contributed by atoms with van der Waals surface area (Å²) in [6, 6.07) is 13.8. The number of sulfonamides is 1. The summed E-state index contributed by atoms with van der Waals surface area (Å²) in [7, 11) is -3.91. The average Bonchev–Trinajstić information content (AvgIpc) is 2.67. The molecule has 2 aromatic carbocycles. The highest BCUT2D eigenvalue weighted by molar-refractivity contribution is 8.00. The first-order valence-corrected chi connectivity index (χ1v) is 12.1. The fraction of sp³-hybridized carbons (Fsp3) is 0.409. The summed E-state index contributed by atoms with van der Waals surface area (Å²) < 4.78 is 26.9. The van der Waals surface area contributed by atoms with Gasteiger partial charge in [0.2, 0.25) is 10.0 Å². The maximum absolute atomic E-state index is 13.2. The lowest BCUT2D eigenvalue weighted by atomic mass is 9.97. The van der Waals surface area contributed by atoms with Crippen molar-refractivity contribution in [1.82, 2.24) is 4.31 Å². The molecule has 1 atom stereocenters. The van der Waals surface area contributed by atoms with E-state index in [1.807, 2.05) is 12.1 Å². The molecule has 1 aliphatic rings. The second-order valence-corrected chi connectivity index (χ2v) is 11.8. The normalized spacial score (nSPS) is 20.0. The van der Waals surface area contributed by atoms with Crippen molar-refractivity contribution < 1.29 is 18.3 Å². The van der Waals surface area contributed by atoms with Gasteiger partial charge in [0.15, 0.2) is 0 Å². The number of carboxylic acids is 1. The zero-order chi connectivity index (χ0) is 21.4. The molecule has 0 saturated carbocycles. The zero-order valence-corrected chi connectivity index (χ0v) is 18.8. The maximum atomic E-state index is 13.2. The molecule has 0 amide bonds. The van der Waals surface area contributed by atoms with Crippen LogP contribution < -0.4 is 0 Å². The van der Waals surface area contributed by atoms with Gasteiger partial charge in [0, 0.05) is 17.0 Å². The Balaban J connectivity index is 1.94. The Morgan fingerprint density at radius 2 is 1.79 bits per heavy atom. The van der Waals surface area contributed by atoms with E-state index in [0.29, 0.717) is 11.7 Å². The van der Waals surface area contributed by atoms with Crippen molar-refractivity contribution in [2.45, 2.75) is 49.3 Å². The molecule has 1 unspecified atom stereocenters. The van der Waals surface area contributed by atoms with Crippen molar-refractivity contribution in [1.29, 1.82) is 0 Å². The lowest BCUT2D eigenvalue weighted by Gasteiger charge is -2.42. The van der Waals surface area contributed by atoms with Crippen LogP contribution in [0.25, 0.3) is 11.1 Å². The van der Waals surface area contributed by atoms with Crippen LogP contribution in [0.15, 0.2) is 53.4 Å². The molecule has 5 nitrogen and oxygen atoms in total. The Morgan fingerprint density at radius 3 is 2.38 bits per heavy atom. The van der Waals surface area contributed by atoms with Gasteiger partial charge in [-0.05, 0) is 48.6 Å². The predicted octanol–water partition coefficient (Wildman–Crippen LogP) is 4.45. The van der Waals surface area contributed by atoms with Gasteiger partial charge in [-0.25, -0.2) is 8.42 Å². The van der Waals surface area contributed by atoms with Crippen molar-refractivity contribution >= 4 is 27.8 Å². The van der Waals surface area contributed by atoms with E-state index in [4.69, 9.17) is 0 Å². The first-order valence-electron chi connectivity index (χ1n) is 9.63. The highest BCUT2D eigenvalue weighted by Gasteiger charge is 2.48. The van der Waals surface area contributed by atoms with Crippen LogP contribution in [0.5, 0.6) is 0 Å². The maximum Gasteiger partial charge on any atom is 0.323 e. The number of hydrogen-bond acceptors (Lipinski definition) is 4. The standard InChI is InChI=1S/C22H27NO4S2/c1-15(2)17-6-5-7-18(14-17)16-8-10-19(11-9-16)29(26,27)23-12-13-28-22(3,4)20(23)21(24)25/h5-11,14-15,20H,12-13H2,1-4H3,(H,24,25). The van der Waals surface area contributed by atoms with E-state index in [-0.39, 0.29) is 11.4 Å². The summed E-state index contributed by atoms with van der Waals surface area (Å²) >= 11 is 1.49. The van der Waals surface area contributed by atoms with Crippen LogP contribution in [0.2, 0.25) is 0 Å². The summed E-state index contributed by atoms with van der Waals surface area (Å²) in [5.74, 6) is -0.147. The summed E-state index contributed by atoms with van der Waals surface area (Å²) in [6.45, 7) is 8.01. The van der Waals surface area contributed by atoms with Crippen molar-refractivity contribution in [2.75, 3.05) is 12.3 Å². The van der Waals surface area contributed by atoms with E-state index in [1.165, 1.54) is 17.3 Å². The Morgan fingerprint density at radius 1 is 1.14 bits per heavy atom. The molecule has 2 aromatic rings. The number of rotatable bonds is 5. The van der Waals surface area contributed by atoms with Gasteiger partial charge in [-0.15, -0.1) is 0 Å². The molecule has 0 spiro atoms. The smallest absolute Gasteiger partial charge is 0.323 e. The van der Waals surface area contributed by atoms with Crippen LogP contribution in [-0.4, -0.2) is 46.9 Å². The largest absolute Gasteiger partial charge is 0.480 e. The molecule has 0 radical (unpaired) electrons. The summed E-state index contributed by atoms with van der Waals surface area (Å²) in [5.41, 5.74) is 3.17. The minimum Gasteiger partial charge on any atom is -0.480 e. The molecule has 3 rings (SSSR count). The molecule has 0 aliphatic carbocycles. The zero-order valence-electron chi connectivity index (χ0n) is 17.1. The molecular weight excluding hydrogens is 406 g/mol. The van der Waals surface area contributed by atoms with Crippen LogP contribution in [0, 0.1) is 0 Å². The molecule has 1 fully saturated rings. The molecule has 1 heterocycles. The third-order valence-electron chi connectivity index (χ3n) is 5.31. The second-order valence-electron chi connectivity index (χ2n) is 8.11. The van der Waals surface area contributed by atoms with E-state index in [1.54, 1.807) is 38.1 Å². The first kappa shape index (κ1) is 21.9. The molecular formula is C22H27NO4S2. The first-order chi connectivity index (χ1) is 13.5. The van der Waals surface area contributed by atoms with E-state index in [9.17, 15) is 18.3 Å². The van der Waals surface area contributed by atoms with E-state index in [2.05, 4.69) is 26.0 Å². The van der Waals surface area contributed by atoms with Crippen molar-refractivity contribution in [2.24, 2.45) is 0 Å². The summed E-state index contributed by atoms with van der Waals surface area (Å²) in [5, 5.41) is 9.70. The summed E-state index contributed by atoms with van der Waals surface area (Å²) in [6.07, 6.45) is 0. The van der Waals surface area contributed by atoms with Crippen LogP contribution >= 0.6 is 11.8 Å². The number of thioether (sulfide) groups is 1. The van der Waals surface area contributed by atoms with Gasteiger partial charge < -0.3 is 5.11 Å². The fourth-order valence-electron chi connectivity index (χ4n) is 3.67. The SMILES string of the molecule is CC(C)c1cccc(-c2ccc(S(=O)(=O)N3CCSC(C)(C)C3C(=O)O)cc2)c1. The highest BCUT2D eigenvalue weighted by atomic mass is 32.2. The molecule has 29 heavy (non-hydrogen) atoms. The number of aliphatic carboxylic acids is 1. The lowest BCUT2D eigenvalue weighted by Crippen LogP contribution is -2.58. The monoisotopic (exact) mass is 433 g/mol. The van der Waals surface area contributed by atoms with Crippen LogP contribution in [-0.2, 0) is 14.8 Å². The van der Waals surface area contributed by atoms with Gasteiger partial charge in [0.1, 0.15) is 6.04 Å². The number of nitrogens with zero attached hydrogens (tertiary/aromatic N) is 1. The van der Waals surface area contributed by atoms with Crippen LogP contribution in [0.4, 0.5) is 0 Å². The molecule has 7 heteroatoms. The Labute approximate surface area is 177 Å². The molecule has 156 valence electrons. The topological polar surface area (TPSA) is 74.7 Å². The molecule has 0 bridgehead atoms.